The molecule has 0 amide bonds. The molecule has 5 aliphatic rings. The fourth-order valence-electron chi connectivity index (χ4n) is 7.70. The van der Waals surface area contributed by atoms with Crippen LogP contribution in [0.4, 0.5) is 0 Å². The van der Waals surface area contributed by atoms with Crippen molar-refractivity contribution < 1.29 is 24.1 Å². The minimum Gasteiger partial charge on any atom is -0.489 e. The van der Waals surface area contributed by atoms with Crippen LogP contribution in [0.5, 0.6) is 5.75 Å². The standard InChI is InChI=1S/C30H37NO5/c1-2-28-26-22-10-11-24(33-18-21-6-4-3-5-7-21)23(26)19-34-27(28)30(35-14-15-36-30)13-12-29(28,32)25(16-22)31-17-20-8-9-20/h3-7,10-11,20,25,27,31-32H,2,8-9,12-19H2,1H3/t25-,27-,28+,29-/m1/s1. The first-order valence-electron chi connectivity index (χ1n) is 13.8. The Kier molecular flexibility index (Phi) is 5.50. The number of hydrogen-bond acceptors (Lipinski definition) is 6. The first kappa shape index (κ1) is 23.2. The molecule has 36 heavy (non-hydrogen) atoms. The molecule has 2 heterocycles. The Labute approximate surface area is 213 Å². The van der Waals surface area contributed by atoms with E-state index in [0.29, 0.717) is 39.3 Å². The van der Waals surface area contributed by atoms with Crippen LogP contribution in [0.1, 0.15) is 61.3 Å². The number of ether oxygens (including phenoxy) is 4. The number of aliphatic hydroxyl groups is 1. The lowest BCUT2D eigenvalue weighted by Crippen LogP contribution is -2.78. The van der Waals surface area contributed by atoms with Gasteiger partial charge in [-0.1, -0.05) is 43.3 Å². The molecule has 2 saturated carbocycles. The van der Waals surface area contributed by atoms with Gasteiger partial charge in [0, 0.05) is 18.0 Å². The molecule has 3 aliphatic carbocycles. The van der Waals surface area contributed by atoms with Crippen LogP contribution in [-0.4, -0.2) is 48.4 Å². The summed E-state index contributed by atoms with van der Waals surface area (Å²) >= 11 is 0. The third kappa shape index (κ3) is 3.28. The molecule has 2 aromatic rings. The molecule has 0 bridgehead atoms. The van der Waals surface area contributed by atoms with Crippen LogP contribution >= 0.6 is 0 Å². The third-order valence-corrected chi connectivity index (χ3v) is 9.59. The second kappa shape index (κ2) is 8.53. The Morgan fingerprint density at radius 1 is 1.06 bits per heavy atom. The van der Waals surface area contributed by atoms with Gasteiger partial charge in [0.2, 0.25) is 0 Å². The van der Waals surface area contributed by atoms with E-state index >= 15 is 0 Å². The molecule has 6 heteroatoms. The molecule has 2 N–H and O–H groups in total. The predicted molar refractivity (Wildman–Crippen MR) is 135 cm³/mol. The summed E-state index contributed by atoms with van der Waals surface area (Å²) in [5.41, 5.74) is 3.13. The van der Waals surface area contributed by atoms with Gasteiger partial charge in [-0.05, 0) is 67.3 Å². The zero-order valence-corrected chi connectivity index (χ0v) is 21.1. The first-order chi connectivity index (χ1) is 17.6. The molecule has 0 unspecified atom stereocenters. The van der Waals surface area contributed by atoms with Crippen molar-refractivity contribution in [2.75, 3.05) is 19.8 Å². The normalized spacial score (nSPS) is 33.9. The van der Waals surface area contributed by atoms with Gasteiger partial charge >= 0.3 is 0 Å². The van der Waals surface area contributed by atoms with Gasteiger partial charge in [-0.3, -0.25) is 0 Å². The van der Waals surface area contributed by atoms with Crippen molar-refractivity contribution in [1.82, 2.24) is 5.32 Å². The first-order valence-corrected chi connectivity index (χ1v) is 13.8. The maximum Gasteiger partial charge on any atom is 0.195 e. The van der Waals surface area contributed by atoms with E-state index in [4.69, 9.17) is 18.9 Å². The van der Waals surface area contributed by atoms with Crippen molar-refractivity contribution in [2.45, 2.75) is 87.6 Å². The quantitative estimate of drug-likeness (QED) is 0.610. The second-order valence-corrected chi connectivity index (χ2v) is 11.4. The van der Waals surface area contributed by atoms with Crippen LogP contribution in [0.3, 0.4) is 0 Å². The van der Waals surface area contributed by atoms with Crippen molar-refractivity contribution in [3.8, 4) is 5.75 Å². The van der Waals surface area contributed by atoms with Crippen molar-refractivity contribution in [3.63, 3.8) is 0 Å². The van der Waals surface area contributed by atoms with Gasteiger partial charge in [0.15, 0.2) is 5.79 Å². The van der Waals surface area contributed by atoms with Gasteiger partial charge < -0.3 is 29.4 Å². The summed E-state index contributed by atoms with van der Waals surface area (Å²) in [7, 11) is 0. The molecule has 7 rings (SSSR count). The van der Waals surface area contributed by atoms with Crippen LogP contribution in [0, 0.1) is 5.92 Å². The van der Waals surface area contributed by atoms with E-state index in [1.807, 2.05) is 18.2 Å². The molecule has 2 aromatic carbocycles. The zero-order chi connectivity index (χ0) is 24.4. The summed E-state index contributed by atoms with van der Waals surface area (Å²) in [5.74, 6) is 0.798. The van der Waals surface area contributed by atoms with E-state index in [-0.39, 0.29) is 12.1 Å². The lowest BCUT2D eigenvalue weighted by Gasteiger charge is -2.65. The molecule has 6 nitrogen and oxygen atoms in total. The second-order valence-electron chi connectivity index (χ2n) is 11.4. The van der Waals surface area contributed by atoms with E-state index < -0.39 is 16.8 Å². The highest BCUT2D eigenvalue weighted by molar-refractivity contribution is 5.56. The Morgan fingerprint density at radius 3 is 2.61 bits per heavy atom. The topological polar surface area (TPSA) is 69.2 Å². The van der Waals surface area contributed by atoms with Crippen LogP contribution in [0.2, 0.25) is 0 Å². The minimum atomic E-state index is -0.956. The molecule has 0 radical (unpaired) electrons. The number of fused-ring (bicyclic) bond motifs is 1. The Hall–Kier alpha value is -1.96. The van der Waals surface area contributed by atoms with E-state index in [9.17, 15) is 5.11 Å². The summed E-state index contributed by atoms with van der Waals surface area (Å²) in [6, 6.07) is 14.6. The number of benzene rings is 2. The van der Waals surface area contributed by atoms with E-state index in [1.54, 1.807) is 0 Å². The summed E-state index contributed by atoms with van der Waals surface area (Å²) in [6.45, 7) is 5.24. The zero-order valence-electron chi connectivity index (χ0n) is 21.1. The number of rotatable bonds is 7. The monoisotopic (exact) mass is 491 g/mol. The van der Waals surface area contributed by atoms with Gasteiger partial charge in [0.05, 0.1) is 30.8 Å². The summed E-state index contributed by atoms with van der Waals surface area (Å²) in [6.07, 6.45) is 5.04. The highest BCUT2D eigenvalue weighted by atomic mass is 16.8. The molecule has 3 fully saturated rings. The average molecular weight is 492 g/mol. The van der Waals surface area contributed by atoms with Crippen LogP contribution < -0.4 is 10.1 Å². The predicted octanol–water partition coefficient (Wildman–Crippen LogP) is 4.00. The number of hydrogen-bond donors (Lipinski definition) is 2. The lowest BCUT2D eigenvalue weighted by molar-refractivity contribution is -0.317. The summed E-state index contributed by atoms with van der Waals surface area (Å²) in [4.78, 5) is 0. The minimum absolute atomic E-state index is 0.0301. The lowest BCUT2D eigenvalue weighted by atomic mass is 9.48. The maximum atomic E-state index is 12.8. The smallest absolute Gasteiger partial charge is 0.195 e. The average Bonchev–Trinajstić information content (AvgIpc) is 3.63. The van der Waals surface area contributed by atoms with Crippen molar-refractivity contribution in [1.29, 1.82) is 0 Å². The molecule has 1 spiro atoms. The Balaban J connectivity index is 1.34. The van der Waals surface area contributed by atoms with E-state index in [2.05, 4.69) is 36.5 Å². The van der Waals surface area contributed by atoms with Gasteiger partial charge in [-0.2, -0.15) is 0 Å². The molecular weight excluding hydrogens is 454 g/mol. The molecule has 4 atom stereocenters. The highest BCUT2D eigenvalue weighted by Gasteiger charge is 2.72. The number of nitrogens with one attached hydrogen (secondary N) is 1. The molecule has 1 saturated heterocycles. The fraction of sp³-hybridized carbons (Fsp3) is 0.600. The molecule has 2 aliphatic heterocycles. The van der Waals surface area contributed by atoms with Crippen LogP contribution in [-0.2, 0) is 39.3 Å². The Bertz CT molecular complexity index is 1130. The van der Waals surface area contributed by atoms with Crippen molar-refractivity contribution >= 4 is 0 Å². The van der Waals surface area contributed by atoms with Crippen molar-refractivity contribution in [2.24, 2.45) is 5.92 Å². The van der Waals surface area contributed by atoms with Gasteiger partial charge in [0.1, 0.15) is 18.5 Å². The molecular formula is C30H37NO5. The third-order valence-electron chi connectivity index (χ3n) is 9.59. The molecule has 192 valence electrons. The summed E-state index contributed by atoms with van der Waals surface area (Å²) in [5, 5.41) is 16.6. The van der Waals surface area contributed by atoms with Gasteiger partial charge in [-0.25, -0.2) is 0 Å². The fourth-order valence-corrected chi connectivity index (χ4v) is 7.70. The van der Waals surface area contributed by atoms with Gasteiger partial charge in [-0.15, -0.1) is 0 Å². The largest absolute Gasteiger partial charge is 0.489 e. The summed E-state index contributed by atoms with van der Waals surface area (Å²) < 4.78 is 25.8. The molecule has 0 aromatic heterocycles. The Morgan fingerprint density at radius 2 is 1.86 bits per heavy atom. The maximum absolute atomic E-state index is 12.8. The van der Waals surface area contributed by atoms with E-state index in [0.717, 1.165) is 42.2 Å². The van der Waals surface area contributed by atoms with Gasteiger partial charge in [0.25, 0.3) is 0 Å². The SMILES string of the molecule is CC[C@]12c3c4ccc(OCc5ccccc5)c3CO[C@H]1C1(CC[C@@]2(O)[C@H](NCC2CC2)C4)OCCO1. The van der Waals surface area contributed by atoms with E-state index in [1.165, 1.54) is 24.0 Å². The van der Waals surface area contributed by atoms with Crippen LogP contribution in [0.25, 0.3) is 0 Å². The highest BCUT2D eigenvalue weighted by Crippen LogP contribution is 2.63. The van der Waals surface area contributed by atoms with Crippen LogP contribution in [0.15, 0.2) is 42.5 Å². The van der Waals surface area contributed by atoms with Crippen molar-refractivity contribution in [3.05, 3.63) is 64.7 Å².